The highest BCUT2D eigenvalue weighted by molar-refractivity contribution is 6.10. The van der Waals surface area contributed by atoms with Gasteiger partial charge in [0.05, 0.1) is 52.9 Å². The molecule has 3 aromatic heterocycles. The van der Waals surface area contributed by atoms with Gasteiger partial charge in [-0.15, -0.1) is 0 Å². The molecule has 204 valence electrons. The lowest BCUT2D eigenvalue weighted by atomic mass is 9.96. The van der Waals surface area contributed by atoms with Gasteiger partial charge >= 0.3 is 6.18 Å². The molecule has 2 aromatic carbocycles. The van der Waals surface area contributed by atoms with Crippen molar-refractivity contribution in [2.24, 2.45) is 7.05 Å². The van der Waals surface area contributed by atoms with E-state index < -0.39 is 29.5 Å². The zero-order valence-corrected chi connectivity index (χ0v) is 21.0. The molecule has 1 amide bonds. The van der Waals surface area contributed by atoms with Crippen LogP contribution in [0.5, 0.6) is 5.75 Å². The van der Waals surface area contributed by atoms with Crippen molar-refractivity contribution >= 4 is 33.5 Å². The molecular formula is C27H21F4N7O2. The molecule has 9 nitrogen and oxygen atoms in total. The van der Waals surface area contributed by atoms with Gasteiger partial charge in [-0.25, -0.2) is 19.3 Å². The summed E-state index contributed by atoms with van der Waals surface area (Å²) in [5, 5.41) is 5.23. The Morgan fingerprint density at radius 2 is 1.95 bits per heavy atom. The third-order valence-corrected chi connectivity index (χ3v) is 6.94. The molecule has 1 unspecified atom stereocenters. The lowest BCUT2D eigenvalue weighted by Crippen LogP contribution is -2.38. The summed E-state index contributed by atoms with van der Waals surface area (Å²) in [6.07, 6.45) is 0.238. The van der Waals surface area contributed by atoms with Gasteiger partial charge in [0, 0.05) is 42.9 Å². The average Bonchev–Trinajstić information content (AvgIpc) is 3.33. The molecular weight excluding hydrogens is 530 g/mol. The number of benzene rings is 2. The maximum atomic E-state index is 15.5. The van der Waals surface area contributed by atoms with Crippen molar-refractivity contribution in [3.05, 3.63) is 83.3 Å². The average molecular weight is 552 g/mol. The molecule has 0 radical (unpaired) electrons. The fourth-order valence-corrected chi connectivity index (χ4v) is 5.06. The third kappa shape index (κ3) is 4.32. The van der Waals surface area contributed by atoms with Gasteiger partial charge in [-0.3, -0.25) is 9.48 Å². The molecule has 0 bridgehead atoms. The molecule has 2 N–H and O–H groups in total. The molecule has 0 fully saturated rings. The summed E-state index contributed by atoms with van der Waals surface area (Å²) < 4.78 is 62.7. The molecule has 6 rings (SSSR count). The molecule has 0 saturated heterocycles. The van der Waals surface area contributed by atoms with Crippen LogP contribution in [0.3, 0.4) is 0 Å². The highest BCUT2D eigenvalue weighted by Gasteiger charge is 2.36. The van der Waals surface area contributed by atoms with Gasteiger partial charge in [-0.05, 0) is 24.3 Å². The molecule has 1 aliphatic rings. The summed E-state index contributed by atoms with van der Waals surface area (Å²) in [4.78, 5) is 28.2. The Morgan fingerprint density at radius 1 is 1.18 bits per heavy atom. The van der Waals surface area contributed by atoms with Crippen molar-refractivity contribution in [3.63, 3.8) is 0 Å². The molecule has 0 spiro atoms. The summed E-state index contributed by atoms with van der Waals surface area (Å²) in [5.41, 5.74) is 6.11. The molecule has 0 saturated carbocycles. The van der Waals surface area contributed by atoms with Gasteiger partial charge in [0.25, 0.3) is 5.91 Å². The number of nitrogens with zero attached hydrogens (tertiary/aromatic N) is 6. The van der Waals surface area contributed by atoms with Crippen LogP contribution in [-0.4, -0.2) is 42.1 Å². The number of hydrogen-bond donors (Lipinski definition) is 1. The topological polar surface area (TPSA) is 112 Å². The van der Waals surface area contributed by atoms with Crippen LogP contribution in [0.4, 0.5) is 23.4 Å². The van der Waals surface area contributed by atoms with Crippen molar-refractivity contribution in [2.75, 3.05) is 12.3 Å². The number of pyridine rings is 1. The monoisotopic (exact) mass is 551 g/mol. The molecule has 1 atom stereocenters. The van der Waals surface area contributed by atoms with Crippen LogP contribution in [0.25, 0.3) is 21.8 Å². The highest BCUT2D eigenvalue weighted by atomic mass is 19.4. The number of nitrogen functional groups attached to an aromatic ring is 1. The van der Waals surface area contributed by atoms with Gasteiger partial charge in [0.2, 0.25) is 0 Å². The Labute approximate surface area is 224 Å². The van der Waals surface area contributed by atoms with E-state index in [2.05, 4.69) is 20.1 Å². The molecule has 0 aliphatic carbocycles. The van der Waals surface area contributed by atoms with Crippen molar-refractivity contribution in [2.45, 2.75) is 25.2 Å². The molecule has 5 aromatic rings. The smallest absolute Gasteiger partial charge is 0.416 e. The van der Waals surface area contributed by atoms with E-state index in [1.54, 1.807) is 17.8 Å². The SMILES string of the molecule is Cn1ncc2c(N)nc3cc(F)c(C(=O)N(Cc4ncccn4)C4CCOc5cc(C(F)(F)F)ccc54)cc3c21. The first-order valence-electron chi connectivity index (χ1n) is 12.2. The summed E-state index contributed by atoms with van der Waals surface area (Å²) in [7, 11) is 1.69. The Morgan fingerprint density at radius 3 is 2.70 bits per heavy atom. The summed E-state index contributed by atoms with van der Waals surface area (Å²) in [6.45, 7) is -0.0686. The molecule has 4 heterocycles. The van der Waals surface area contributed by atoms with E-state index in [9.17, 15) is 18.0 Å². The van der Waals surface area contributed by atoms with Crippen molar-refractivity contribution in [3.8, 4) is 5.75 Å². The van der Waals surface area contributed by atoms with E-state index in [-0.39, 0.29) is 48.0 Å². The van der Waals surface area contributed by atoms with Gasteiger partial charge in [-0.2, -0.15) is 18.3 Å². The van der Waals surface area contributed by atoms with Gasteiger partial charge in [-0.1, -0.05) is 6.07 Å². The summed E-state index contributed by atoms with van der Waals surface area (Å²) in [6, 6.07) is 6.54. The zero-order chi connectivity index (χ0) is 28.2. The van der Waals surface area contributed by atoms with Gasteiger partial charge in [0.15, 0.2) is 0 Å². The van der Waals surface area contributed by atoms with Crippen LogP contribution in [0.2, 0.25) is 0 Å². The first kappa shape index (κ1) is 25.5. The third-order valence-electron chi connectivity index (χ3n) is 6.94. The van der Waals surface area contributed by atoms with Crippen molar-refractivity contribution < 1.29 is 27.1 Å². The van der Waals surface area contributed by atoms with E-state index in [1.807, 2.05) is 0 Å². The van der Waals surface area contributed by atoms with Crippen LogP contribution in [0, 0.1) is 5.82 Å². The first-order chi connectivity index (χ1) is 19.1. The number of amides is 1. The van der Waals surface area contributed by atoms with Gasteiger partial charge < -0.3 is 15.4 Å². The largest absolute Gasteiger partial charge is 0.493 e. The van der Waals surface area contributed by atoms with Crippen LogP contribution >= 0.6 is 0 Å². The number of ether oxygens (including phenoxy) is 1. The maximum absolute atomic E-state index is 15.5. The predicted molar refractivity (Wildman–Crippen MR) is 137 cm³/mol. The second-order valence-corrected chi connectivity index (χ2v) is 9.38. The summed E-state index contributed by atoms with van der Waals surface area (Å²) >= 11 is 0. The Hall–Kier alpha value is -4.81. The van der Waals surface area contributed by atoms with E-state index in [1.165, 1.54) is 35.6 Å². The highest BCUT2D eigenvalue weighted by Crippen LogP contribution is 2.41. The van der Waals surface area contributed by atoms with E-state index in [0.717, 1.165) is 18.2 Å². The number of carbonyl (C=O) groups is 1. The quantitative estimate of drug-likeness (QED) is 0.319. The number of anilines is 1. The maximum Gasteiger partial charge on any atom is 0.416 e. The lowest BCUT2D eigenvalue weighted by Gasteiger charge is -2.36. The number of rotatable bonds is 4. The van der Waals surface area contributed by atoms with E-state index >= 15 is 4.39 Å². The normalized spacial score (nSPS) is 15.2. The number of hydrogen-bond acceptors (Lipinski definition) is 7. The summed E-state index contributed by atoms with van der Waals surface area (Å²) in [5.74, 6) is -1.07. The van der Waals surface area contributed by atoms with E-state index in [0.29, 0.717) is 21.9 Å². The molecule has 13 heteroatoms. The van der Waals surface area contributed by atoms with Gasteiger partial charge in [0.1, 0.15) is 23.2 Å². The fraction of sp³-hybridized carbons (Fsp3) is 0.222. The minimum Gasteiger partial charge on any atom is -0.493 e. The minimum absolute atomic E-state index is 0.00751. The minimum atomic E-state index is -4.57. The Bertz CT molecular complexity index is 1770. The second kappa shape index (κ2) is 9.43. The number of carbonyl (C=O) groups excluding carboxylic acids is 1. The number of fused-ring (bicyclic) bond motifs is 4. The second-order valence-electron chi connectivity index (χ2n) is 9.38. The van der Waals surface area contributed by atoms with Crippen LogP contribution in [0.1, 0.15) is 39.8 Å². The van der Waals surface area contributed by atoms with Crippen LogP contribution in [0.15, 0.2) is 55.0 Å². The zero-order valence-electron chi connectivity index (χ0n) is 21.0. The van der Waals surface area contributed by atoms with E-state index in [4.69, 9.17) is 10.5 Å². The molecule has 1 aliphatic heterocycles. The predicted octanol–water partition coefficient (Wildman–Crippen LogP) is 4.82. The Kier molecular flexibility index (Phi) is 6.01. The fourth-order valence-electron chi connectivity index (χ4n) is 5.06. The standard InChI is InChI=1S/C27H21F4N7O2/c1-37-24-17-10-16(19(28)11-20(17)36-25(32)18(24)12-35-37)26(39)38(13-23-33-6-2-7-34-23)21-5-8-40-22-9-14(27(29,30)31)3-4-15(21)22/h2-4,6-7,9-12,21H,5,8,13H2,1H3,(H2,32,36). The molecule has 40 heavy (non-hydrogen) atoms. The number of nitrogens with two attached hydrogens (primary N) is 1. The lowest BCUT2D eigenvalue weighted by molar-refractivity contribution is -0.137. The van der Waals surface area contributed by atoms with Crippen molar-refractivity contribution in [1.29, 1.82) is 0 Å². The number of aromatic nitrogens is 5. The number of alkyl halides is 3. The van der Waals surface area contributed by atoms with Crippen LogP contribution < -0.4 is 10.5 Å². The van der Waals surface area contributed by atoms with Crippen molar-refractivity contribution in [1.82, 2.24) is 29.6 Å². The Balaban J connectivity index is 1.49. The first-order valence-corrected chi connectivity index (χ1v) is 12.2. The van der Waals surface area contributed by atoms with Crippen LogP contribution in [-0.2, 0) is 19.8 Å². The number of halogens is 4. The number of aryl methyl sites for hydroxylation is 1.